The fourth-order valence-electron chi connectivity index (χ4n) is 2.04. The number of hydrogen-bond donors (Lipinski definition) is 2. The van der Waals surface area contributed by atoms with E-state index in [1.54, 1.807) is 0 Å². The van der Waals surface area contributed by atoms with Gasteiger partial charge < -0.3 is 10.6 Å². The fraction of sp³-hybridized carbons (Fsp3) is 0.500. The molecule has 1 fully saturated rings. The highest BCUT2D eigenvalue weighted by Gasteiger charge is 2.19. The van der Waals surface area contributed by atoms with E-state index < -0.39 is 0 Å². The van der Waals surface area contributed by atoms with Gasteiger partial charge in [0.1, 0.15) is 0 Å². The maximum atomic E-state index is 11.6. The number of rotatable bonds is 5. The van der Waals surface area contributed by atoms with Crippen molar-refractivity contribution in [3.63, 3.8) is 0 Å². The number of aryl methyl sites for hydroxylation is 1. The molecule has 17 heavy (non-hydrogen) atoms. The van der Waals surface area contributed by atoms with E-state index in [2.05, 4.69) is 41.8 Å². The molecule has 1 amide bonds. The zero-order chi connectivity index (χ0) is 12.1. The molecule has 0 aromatic heterocycles. The third-order valence-corrected chi connectivity index (χ3v) is 3.16. The maximum absolute atomic E-state index is 11.6. The summed E-state index contributed by atoms with van der Waals surface area (Å²) in [6, 6.07) is 8.43. The second-order valence-electron chi connectivity index (χ2n) is 4.82. The molecule has 1 aliphatic rings. The van der Waals surface area contributed by atoms with Crippen LogP contribution in [0.2, 0.25) is 0 Å². The second-order valence-corrected chi connectivity index (χ2v) is 4.82. The zero-order valence-corrected chi connectivity index (χ0v) is 10.3. The van der Waals surface area contributed by atoms with Crippen LogP contribution in [-0.2, 0) is 11.2 Å². The SMILES string of the molecule is Cc1cccc(CCNC(=O)CC2CNC2)c1. The van der Waals surface area contributed by atoms with Crippen LogP contribution in [0.4, 0.5) is 0 Å². The van der Waals surface area contributed by atoms with Crippen molar-refractivity contribution < 1.29 is 4.79 Å². The first-order valence-corrected chi connectivity index (χ1v) is 6.27. The van der Waals surface area contributed by atoms with Gasteiger partial charge in [-0.1, -0.05) is 29.8 Å². The molecule has 1 aromatic carbocycles. The highest BCUT2D eigenvalue weighted by Crippen LogP contribution is 2.08. The number of carbonyl (C=O) groups is 1. The molecule has 1 aliphatic heterocycles. The normalized spacial score (nSPS) is 15.4. The van der Waals surface area contributed by atoms with Crippen molar-refractivity contribution in [3.8, 4) is 0 Å². The Balaban J connectivity index is 1.66. The lowest BCUT2D eigenvalue weighted by Gasteiger charge is -2.26. The lowest BCUT2D eigenvalue weighted by molar-refractivity contribution is -0.122. The summed E-state index contributed by atoms with van der Waals surface area (Å²) in [7, 11) is 0. The summed E-state index contributed by atoms with van der Waals surface area (Å²) >= 11 is 0. The van der Waals surface area contributed by atoms with Gasteiger partial charge in [0.15, 0.2) is 0 Å². The van der Waals surface area contributed by atoms with Crippen molar-refractivity contribution in [3.05, 3.63) is 35.4 Å². The molecule has 1 aromatic rings. The molecule has 0 bridgehead atoms. The van der Waals surface area contributed by atoms with Crippen LogP contribution in [0.15, 0.2) is 24.3 Å². The van der Waals surface area contributed by atoms with Crippen molar-refractivity contribution in [2.75, 3.05) is 19.6 Å². The number of benzene rings is 1. The van der Waals surface area contributed by atoms with Crippen LogP contribution in [0.1, 0.15) is 17.5 Å². The molecule has 3 nitrogen and oxygen atoms in total. The maximum Gasteiger partial charge on any atom is 0.220 e. The lowest BCUT2D eigenvalue weighted by atomic mass is 9.99. The Labute approximate surface area is 103 Å². The summed E-state index contributed by atoms with van der Waals surface area (Å²) in [5, 5.41) is 6.16. The lowest BCUT2D eigenvalue weighted by Crippen LogP contribution is -2.44. The highest BCUT2D eigenvalue weighted by atomic mass is 16.1. The Morgan fingerprint density at radius 3 is 2.94 bits per heavy atom. The molecule has 2 N–H and O–H groups in total. The van der Waals surface area contributed by atoms with E-state index in [0.29, 0.717) is 12.3 Å². The molecular formula is C14H20N2O. The molecule has 0 aliphatic carbocycles. The van der Waals surface area contributed by atoms with Gasteiger partial charge in [-0.2, -0.15) is 0 Å². The molecule has 1 saturated heterocycles. The zero-order valence-electron chi connectivity index (χ0n) is 10.3. The smallest absolute Gasteiger partial charge is 0.220 e. The van der Waals surface area contributed by atoms with Crippen molar-refractivity contribution >= 4 is 5.91 Å². The number of amides is 1. The third-order valence-electron chi connectivity index (χ3n) is 3.16. The number of carbonyl (C=O) groups excluding carboxylic acids is 1. The molecule has 0 atom stereocenters. The molecule has 2 rings (SSSR count). The van der Waals surface area contributed by atoms with Crippen LogP contribution in [0.5, 0.6) is 0 Å². The Morgan fingerprint density at radius 2 is 2.29 bits per heavy atom. The van der Waals surface area contributed by atoms with Crippen molar-refractivity contribution in [1.29, 1.82) is 0 Å². The second kappa shape index (κ2) is 5.82. The first-order chi connectivity index (χ1) is 8.24. The molecule has 0 unspecified atom stereocenters. The molecular weight excluding hydrogens is 212 g/mol. The summed E-state index contributed by atoms with van der Waals surface area (Å²) in [6.45, 7) is 4.81. The van der Waals surface area contributed by atoms with Crippen molar-refractivity contribution in [1.82, 2.24) is 10.6 Å². The largest absolute Gasteiger partial charge is 0.356 e. The Bertz CT molecular complexity index is 386. The van der Waals surface area contributed by atoms with Gasteiger partial charge in [-0.3, -0.25) is 4.79 Å². The quantitative estimate of drug-likeness (QED) is 0.802. The summed E-state index contributed by atoms with van der Waals surface area (Å²) in [6.07, 6.45) is 1.58. The average Bonchev–Trinajstić information content (AvgIpc) is 2.24. The summed E-state index contributed by atoms with van der Waals surface area (Å²) in [5.74, 6) is 0.734. The molecule has 3 heteroatoms. The monoisotopic (exact) mass is 232 g/mol. The van der Waals surface area contributed by atoms with E-state index in [0.717, 1.165) is 26.1 Å². The molecule has 92 valence electrons. The molecule has 0 radical (unpaired) electrons. The van der Waals surface area contributed by atoms with Gasteiger partial charge >= 0.3 is 0 Å². The van der Waals surface area contributed by atoms with Crippen LogP contribution in [0.25, 0.3) is 0 Å². The van der Waals surface area contributed by atoms with Gasteiger partial charge in [0.2, 0.25) is 5.91 Å². The fourth-order valence-corrected chi connectivity index (χ4v) is 2.04. The van der Waals surface area contributed by atoms with Crippen LogP contribution in [-0.4, -0.2) is 25.5 Å². The topological polar surface area (TPSA) is 41.1 Å². The van der Waals surface area contributed by atoms with Gasteiger partial charge in [-0.15, -0.1) is 0 Å². The van der Waals surface area contributed by atoms with Crippen LogP contribution in [0.3, 0.4) is 0 Å². The van der Waals surface area contributed by atoms with Gasteiger partial charge in [0.25, 0.3) is 0 Å². The minimum atomic E-state index is 0.184. The standard InChI is InChI=1S/C14H20N2O/c1-11-3-2-4-12(7-11)5-6-16-14(17)8-13-9-15-10-13/h2-4,7,13,15H,5-6,8-10H2,1H3,(H,16,17). The minimum absolute atomic E-state index is 0.184. The van der Waals surface area contributed by atoms with Crippen LogP contribution in [0, 0.1) is 12.8 Å². The predicted molar refractivity (Wildman–Crippen MR) is 68.9 cm³/mol. The molecule has 1 heterocycles. The van der Waals surface area contributed by atoms with E-state index in [4.69, 9.17) is 0 Å². The first-order valence-electron chi connectivity index (χ1n) is 6.27. The van der Waals surface area contributed by atoms with Crippen LogP contribution < -0.4 is 10.6 Å². The van der Waals surface area contributed by atoms with E-state index >= 15 is 0 Å². The van der Waals surface area contributed by atoms with E-state index in [1.807, 2.05) is 0 Å². The van der Waals surface area contributed by atoms with Gasteiger partial charge in [0.05, 0.1) is 0 Å². The van der Waals surface area contributed by atoms with E-state index in [1.165, 1.54) is 11.1 Å². The predicted octanol–water partition coefficient (Wildman–Crippen LogP) is 1.26. The average molecular weight is 232 g/mol. The van der Waals surface area contributed by atoms with E-state index in [-0.39, 0.29) is 5.91 Å². The summed E-state index contributed by atoms with van der Waals surface area (Å²) in [5.41, 5.74) is 2.56. The number of nitrogens with one attached hydrogen (secondary N) is 2. The van der Waals surface area contributed by atoms with Gasteiger partial charge in [-0.25, -0.2) is 0 Å². The van der Waals surface area contributed by atoms with Crippen molar-refractivity contribution in [2.45, 2.75) is 19.8 Å². The first kappa shape index (κ1) is 12.1. The third kappa shape index (κ3) is 3.86. The van der Waals surface area contributed by atoms with Crippen LogP contribution >= 0.6 is 0 Å². The van der Waals surface area contributed by atoms with E-state index in [9.17, 15) is 4.79 Å². The molecule has 0 spiro atoms. The Morgan fingerprint density at radius 1 is 1.47 bits per heavy atom. The Hall–Kier alpha value is -1.35. The van der Waals surface area contributed by atoms with Crippen molar-refractivity contribution in [2.24, 2.45) is 5.92 Å². The van der Waals surface area contributed by atoms with Gasteiger partial charge in [0, 0.05) is 13.0 Å². The Kier molecular flexibility index (Phi) is 4.15. The number of hydrogen-bond acceptors (Lipinski definition) is 2. The summed E-state index contributed by atoms with van der Waals surface area (Å²) in [4.78, 5) is 11.6. The highest BCUT2D eigenvalue weighted by molar-refractivity contribution is 5.76. The molecule has 0 saturated carbocycles. The minimum Gasteiger partial charge on any atom is -0.356 e. The van der Waals surface area contributed by atoms with Gasteiger partial charge in [-0.05, 0) is 37.9 Å². The summed E-state index contributed by atoms with van der Waals surface area (Å²) < 4.78 is 0.